The van der Waals surface area contributed by atoms with Crippen LogP contribution in [0, 0.1) is 6.92 Å². The van der Waals surface area contributed by atoms with Crippen LogP contribution in [-0.2, 0) is 4.79 Å². The Morgan fingerprint density at radius 2 is 1.81 bits per heavy atom. The van der Waals surface area contributed by atoms with E-state index < -0.39 is 0 Å². The van der Waals surface area contributed by atoms with E-state index in [1.54, 1.807) is 23.9 Å². The number of amides is 2. The summed E-state index contributed by atoms with van der Waals surface area (Å²) in [6.45, 7) is 8.79. The summed E-state index contributed by atoms with van der Waals surface area (Å²) in [5.41, 5.74) is 1.51. The van der Waals surface area contributed by atoms with E-state index in [4.69, 9.17) is 0 Å². The Morgan fingerprint density at radius 1 is 1.03 bits per heavy atom. The second-order valence-corrected chi connectivity index (χ2v) is 11.4. The molecule has 0 aliphatic carbocycles. The minimum absolute atomic E-state index is 0.0641. The van der Waals surface area contributed by atoms with Crippen LogP contribution in [0.3, 0.4) is 0 Å². The highest BCUT2D eigenvalue weighted by Crippen LogP contribution is 2.27. The first-order chi connectivity index (χ1) is 17.6. The predicted molar refractivity (Wildman–Crippen MR) is 145 cm³/mol. The molecule has 6 rings (SSSR count). The number of fused-ring (bicyclic) bond motifs is 1. The summed E-state index contributed by atoms with van der Waals surface area (Å²) in [5, 5.41) is 4.11. The third-order valence-corrected chi connectivity index (χ3v) is 8.54. The van der Waals surface area contributed by atoms with Crippen molar-refractivity contribution in [1.82, 2.24) is 29.7 Å². The van der Waals surface area contributed by atoms with Gasteiger partial charge in [-0.3, -0.25) is 19.5 Å². The molecule has 5 heterocycles. The number of benzene rings is 1. The number of carbonyl (C=O) groups is 2. The largest absolute Gasteiger partial charge is 0.354 e. The van der Waals surface area contributed by atoms with Gasteiger partial charge in [0.2, 0.25) is 6.41 Å². The van der Waals surface area contributed by atoms with E-state index >= 15 is 0 Å². The highest BCUT2D eigenvalue weighted by Gasteiger charge is 2.36. The number of hydrogen-bond acceptors (Lipinski definition) is 9. The van der Waals surface area contributed by atoms with Crippen molar-refractivity contribution in [2.75, 3.05) is 68.8 Å². The molecule has 9 nitrogen and oxygen atoms in total. The third kappa shape index (κ3) is 5.63. The van der Waals surface area contributed by atoms with Gasteiger partial charge in [0.1, 0.15) is 12.1 Å². The average Bonchev–Trinajstić information content (AvgIpc) is 3.39. The molecule has 11 heteroatoms. The Labute approximate surface area is 219 Å². The molecule has 3 aliphatic rings. The maximum atomic E-state index is 13.0. The van der Waals surface area contributed by atoms with Crippen LogP contribution in [0.2, 0.25) is 0 Å². The molecule has 190 valence electrons. The summed E-state index contributed by atoms with van der Waals surface area (Å²) in [7, 11) is 0. The van der Waals surface area contributed by atoms with Crippen molar-refractivity contribution in [2.24, 2.45) is 0 Å². The van der Waals surface area contributed by atoms with E-state index in [0.29, 0.717) is 11.6 Å². The van der Waals surface area contributed by atoms with E-state index in [2.05, 4.69) is 24.8 Å². The summed E-state index contributed by atoms with van der Waals surface area (Å²) in [6.07, 6.45) is 4.33. The highest BCUT2D eigenvalue weighted by atomic mass is 32.2. The molecule has 0 spiro atoms. The normalized spacial score (nSPS) is 19.0. The summed E-state index contributed by atoms with van der Waals surface area (Å²) >= 11 is 3.64. The standard InChI is InChI=1S/C21H26N6O2S.C4H5NS/c28-15-24-3-5-25(6-4-24)17-12-27(13-17)21(29)16-1-2-18-19(11-16)22-14-23-20(18)26-7-9-30-10-8-26;1-4-5-2-3-6-4/h1-2,11,14-15,17H,3-10,12-13H2;2-3H,1H3. The Kier molecular flexibility index (Phi) is 7.98. The molecule has 2 aromatic heterocycles. The first-order valence-corrected chi connectivity index (χ1v) is 14.3. The van der Waals surface area contributed by atoms with Crippen LogP contribution in [0.1, 0.15) is 15.4 Å². The molecule has 2 amide bonds. The summed E-state index contributed by atoms with van der Waals surface area (Å²) in [6, 6.07) is 6.20. The second-order valence-electron chi connectivity index (χ2n) is 9.12. The molecule has 3 saturated heterocycles. The Balaban J connectivity index is 0.000000391. The SMILES string of the molecule is Cc1nccs1.O=CN1CCN(C2CN(C(=O)c3ccc4c(N5CCSCC5)ncnc4c3)C2)CC1. The fourth-order valence-electron chi connectivity index (χ4n) is 4.74. The van der Waals surface area contributed by atoms with Crippen molar-refractivity contribution in [2.45, 2.75) is 13.0 Å². The minimum atomic E-state index is 0.0641. The number of likely N-dealkylation sites (tertiary alicyclic amines) is 1. The quantitative estimate of drug-likeness (QED) is 0.480. The Bertz CT molecular complexity index is 1170. The lowest BCUT2D eigenvalue weighted by Crippen LogP contribution is -2.64. The first kappa shape index (κ1) is 24.9. The number of aryl methyl sites for hydroxylation is 1. The molecule has 0 saturated carbocycles. The van der Waals surface area contributed by atoms with E-state index in [9.17, 15) is 9.59 Å². The van der Waals surface area contributed by atoms with Gasteiger partial charge in [0.25, 0.3) is 5.91 Å². The zero-order valence-electron chi connectivity index (χ0n) is 20.5. The maximum Gasteiger partial charge on any atom is 0.254 e. The van der Waals surface area contributed by atoms with Gasteiger partial charge in [0, 0.05) is 92.4 Å². The molecule has 0 N–H and O–H groups in total. The van der Waals surface area contributed by atoms with Crippen LogP contribution in [0.4, 0.5) is 5.82 Å². The van der Waals surface area contributed by atoms with Crippen molar-refractivity contribution in [3.8, 4) is 0 Å². The number of hydrogen-bond donors (Lipinski definition) is 0. The molecule has 36 heavy (non-hydrogen) atoms. The van der Waals surface area contributed by atoms with Crippen molar-refractivity contribution < 1.29 is 9.59 Å². The maximum absolute atomic E-state index is 13.0. The molecule has 3 aliphatic heterocycles. The van der Waals surface area contributed by atoms with Gasteiger partial charge in [-0.2, -0.15) is 11.8 Å². The Hall–Kier alpha value is -2.76. The van der Waals surface area contributed by atoms with E-state index in [-0.39, 0.29) is 5.91 Å². The second kappa shape index (κ2) is 11.5. The van der Waals surface area contributed by atoms with E-state index in [1.165, 1.54) is 0 Å². The monoisotopic (exact) mass is 525 g/mol. The lowest BCUT2D eigenvalue weighted by atomic mass is 10.0. The summed E-state index contributed by atoms with van der Waals surface area (Å²) in [4.78, 5) is 45.1. The van der Waals surface area contributed by atoms with Crippen molar-refractivity contribution in [3.05, 3.63) is 46.7 Å². The number of anilines is 1. The van der Waals surface area contributed by atoms with Gasteiger partial charge in [-0.05, 0) is 25.1 Å². The molecule has 0 unspecified atom stereocenters. The fourth-order valence-corrected chi connectivity index (χ4v) is 6.08. The molecule has 3 aromatic rings. The highest BCUT2D eigenvalue weighted by molar-refractivity contribution is 7.99. The van der Waals surface area contributed by atoms with Crippen LogP contribution in [0.15, 0.2) is 36.1 Å². The number of thiazole rings is 1. The molecule has 0 atom stereocenters. The molecular weight excluding hydrogens is 494 g/mol. The van der Waals surface area contributed by atoms with Gasteiger partial charge >= 0.3 is 0 Å². The smallest absolute Gasteiger partial charge is 0.254 e. The Morgan fingerprint density at radius 3 is 2.44 bits per heavy atom. The van der Waals surface area contributed by atoms with Crippen LogP contribution >= 0.6 is 23.1 Å². The number of rotatable bonds is 4. The number of aromatic nitrogens is 3. The van der Waals surface area contributed by atoms with Gasteiger partial charge in [0.05, 0.1) is 10.5 Å². The van der Waals surface area contributed by atoms with Gasteiger partial charge in [-0.1, -0.05) is 0 Å². The van der Waals surface area contributed by atoms with Crippen LogP contribution in [0.25, 0.3) is 10.9 Å². The first-order valence-electron chi connectivity index (χ1n) is 12.3. The van der Waals surface area contributed by atoms with E-state index in [0.717, 1.165) is 92.0 Å². The zero-order chi connectivity index (χ0) is 24.9. The zero-order valence-corrected chi connectivity index (χ0v) is 22.1. The van der Waals surface area contributed by atoms with Gasteiger partial charge in [-0.15, -0.1) is 11.3 Å². The fraction of sp³-hybridized carbons (Fsp3) is 0.480. The summed E-state index contributed by atoms with van der Waals surface area (Å²) < 4.78 is 0. The lowest BCUT2D eigenvalue weighted by molar-refractivity contribution is -0.120. The van der Waals surface area contributed by atoms with Gasteiger partial charge in [0.15, 0.2) is 0 Å². The third-order valence-electron chi connectivity index (χ3n) is 6.89. The number of thioether (sulfide) groups is 1. The van der Waals surface area contributed by atoms with Crippen LogP contribution in [0.5, 0.6) is 0 Å². The lowest BCUT2D eigenvalue weighted by Gasteiger charge is -2.47. The molecule has 0 radical (unpaired) electrons. The summed E-state index contributed by atoms with van der Waals surface area (Å²) in [5.74, 6) is 3.26. The van der Waals surface area contributed by atoms with Crippen molar-refractivity contribution in [3.63, 3.8) is 0 Å². The van der Waals surface area contributed by atoms with Crippen LogP contribution < -0.4 is 4.90 Å². The van der Waals surface area contributed by atoms with Gasteiger partial charge in [-0.25, -0.2) is 9.97 Å². The van der Waals surface area contributed by atoms with E-state index in [1.807, 2.05) is 52.1 Å². The molecule has 3 fully saturated rings. The molecular formula is C25H31N7O2S2. The van der Waals surface area contributed by atoms with Gasteiger partial charge < -0.3 is 14.7 Å². The predicted octanol–water partition coefficient (Wildman–Crippen LogP) is 2.23. The number of carbonyl (C=O) groups excluding carboxylic acids is 2. The molecule has 1 aromatic carbocycles. The number of piperazine rings is 1. The van der Waals surface area contributed by atoms with Crippen LogP contribution in [-0.4, -0.2) is 112 Å². The minimum Gasteiger partial charge on any atom is -0.354 e. The van der Waals surface area contributed by atoms with Crippen molar-refractivity contribution in [1.29, 1.82) is 0 Å². The van der Waals surface area contributed by atoms with Crippen molar-refractivity contribution >= 4 is 52.1 Å². The molecule has 0 bridgehead atoms. The average molecular weight is 526 g/mol. The number of nitrogens with zero attached hydrogens (tertiary/aromatic N) is 7. The topological polar surface area (TPSA) is 85.8 Å².